The molecule has 0 saturated carbocycles. The SMILES string of the molecule is O=C(N[C@@H](c1ccc(C(F)(F)F)cc1)c1ncccc1C(F)(F)F)c1ccc2nccn2c1. The number of nitrogens with zero attached hydrogens (tertiary/aromatic N) is 3. The van der Waals surface area contributed by atoms with Crippen molar-refractivity contribution < 1.29 is 31.1 Å². The Morgan fingerprint density at radius 1 is 0.879 bits per heavy atom. The molecule has 0 saturated heterocycles. The highest BCUT2D eigenvalue weighted by molar-refractivity contribution is 5.94. The number of halogens is 6. The van der Waals surface area contributed by atoms with E-state index in [2.05, 4.69) is 15.3 Å². The summed E-state index contributed by atoms with van der Waals surface area (Å²) in [6.07, 6.45) is -3.78. The number of imidazole rings is 1. The van der Waals surface area contributed by atoms with Gasteiger partial charge in [-0.05, 0) is 42.0 Å². The molecule has 0 aliphatic heterocycles. The van der Waals surface area contributed by atoms with E-state index in [0.717, 1.165) is 42.6 Å². The van der Waals surface area contributed by atoms with Gasteiger partial charge in [-0.15, -0.1) is 0 Å². The molecule has 3 aromatic heterocycles. The first kappa shape index (κ1) is 22.3. The third kappa shape index (κ3) is 4.66. The number of hydrogen-bond donors (Lipinski definition) is 1. The first-order valence-electron chi connectivity index (χ1n) is 9.47. The lowest BCUT2D eigenvalue weighted by molar-refractivity contribution is -0.139. The van der Waals surface area contributed by atoms with Gasteiger partial charge in [0.25, 0.3) is 5.91 Å². The minimum atomic E-state index is -4.80. The van der Waals surface area contributed by atoms with Crippen LogP contribution < -0.4 is 5.32 Å². The molecule has 0 fully saturated rings. The molecular formula is C22H14F6N4O. The van der Waals surface area contributed by atoms with Crippen LogP contribution in [0.15, 0.2) is 73.3 Å². The summed E-state index contributed by atoms with van der Waals surface area (Å²) in [6.45, 7) is 0. The summed E-state index contributed by atoms with van der Waals surface area (Å²) in [7, 11) is 0. The molecule has 5 nitrogen and oxygen atoms in total. The van der Waals surface area contributed by atoms with E-state index in [4.69, 9.17) is 0 Å². The van der Waals surface area contributed by atoms with Crippen molar-refractivity contribution in [3.63, 3.8) is 0 Å². The van der Waals surface area contributed by atoms with E-state index in [1.54, 1.807) is 16.7 Å². The van der Waals surface area contributed by atoms with Gasteiger partial charge in [0, 0.05) is 24.8 Å². The standard InChI is InChI=1S/C22H14F6N4O/c23-21(24,25)15-6-3-13(4-7-15)18(19-16(22(26,27)28)2-1-9-30-19)31-20(33)14-5-8-17-29-10-11-32(17)12-14/h1-12,18H,(H,31,33)/t18-/m0/s1. The number of amides is 1. The van der Waals surface area contributed by atoms with Gasteiger partial charge >= 0.3 is 12.4 Å². The van der Waals surface area contributed by atoms with Crippen molar-refractivity contribution in [1.29, 1.82) is 0 Å². The second kappa shape index (κ2) is 8.23. The molecule has 33 heavy (non-hydrogen) atoms. The normalized spacial score (nSPS) is 13.2. The Hall–Kier alpha value is -3.89. The van der Waals surface area contributed by atoms with Crippen LogP contribution in [0.3, 0.4) is 0 Å². The molecule has 1 atom stereocenters. The lowest BCUT2D eigenvalue weighted by atomic mass is 9.97. The van der Waals surface area contributed by atoms with Crippen LogP contribution in [0.1, 0.15) is 38.8 Å². The van der Waals surface area contributed by atoms with Gasteiger partial charge in [0.1, 0.15) is 5.65 Å². The molecular weight excluding hydrogens is 450 g/mol. The van der Waals surface area contributed by atoms with Gasteiger partial charge in [-0.1, -0.05) is 12.1 Å². The van der Waals surface area contributed by atoms with Crippen LogP contribution >= 0.6 is 0 Å². The smallest absolute Gasteiger partial charge is 0.339 e. The number of rotatable bonds is 4. The number of aromatic nitrogens is 3. The van der Waals surface area contributed by atoms with E-state index in [1.165, 1.54) is 18.5 Å². The fourth-order valence-electron chi connectivity index (χ4n) is 3.33. The van der Waals surface area contributed by atoms with Crippen molar-refractivity contribution >= 4 is 11.6 Å². The Morgan fingerprint density at radius 3 is 2.27 bits per heavy atom. The summed E-state index contributed by atoms with van der Waals surface area (Å²) in [6, 6.07) is 6.91. The first-order valence-corrected chi connectivity index (χ1v) is 9.47. The number of hydrogen-bond acceptors (Lipinski definition) is 3. The predicted octanol–water partition coefficient (Wildman–Crippen LogP) is 5.29. The highest BCUT2D eigenvalue weighted by Gasteiger charge is 2.37. The quantitative estimate of drug-likeness (QED) is 0.418. The number of fused-ring (bicyclic) bond motifs is 1. The van der Waals surface area contributed by atoms with E-state index < -0.39 is 41.1 Å². The highest BCUT2D eigenvalue weighted by Crippen LogP contribution is 2.36. The van der Waals surface area contributed by atoms with Crippen molar-refractivity contribution in [2.24, 2.45) is 0 Å². The maximum Gasteiger partial charge on any atom is 0.418 e. The Kier molecular flexibility index (Phi) is 5.56. The molecule has 3 heterocycles. The molecule has 4 aromatic rings. The minimum Gasteiger partial charge on any atom is -0.339 e. The number of alkyl halides is 6. The fourth-order valence-corrected chi connectivity index (χ4v) is 3.33. The van der Waals surface area contributed by atoms with Crippen LogP contribution in [0.25, 0.3) is 5.65 Å². The molecule has 0 bridgehead atoms. The van der Waals surface area contributed by atoms with Crippen LogP contribution in [-0.4, -0.2) is 20.3 Å². The molecule has 4 rings (SSSR count). The third-order valence-corrected chi connectivity index (χ3v) is 4.92. The minimum absolute atomic E-state index is 0.00394. The predicted molar refractivity (Wildman–Crippen MR) is 105 cm³/mol. The molecule has 1 amide bonds. The van der Waals surface area contributed by atoms with Crippen molar-refractivity contribution in [3.05, 3.63) is 101 Å². The molecule has 11 heteroatoms. The maximum absolute atomic E-state index is 13.6. The Labute approximate surface area is 182 Å². The topological polar surface area (TPSA) is 59.3 Å². The average molecular weight is 464 g/mol. The van der Waals surface area contributed by atoms with E-state index in [9.17, 15) is 31.1 Å². The summed E-state index contributed by atoms with van der Waals surface area (Å²) >= 11 is 0. The third-order valence-electron chi connectivity index (χ3n) is 4.92. The van der Waals surface area contributed by atoms with Crippen LogP contribution in [0.4, 0.5) is 26.3 Å². The van der Waals surface area contributed by atoms with Gasteiger partial charge in [-0.25, -0.2) is 4.98 Å². The van der Waals surface area contributed by atoms with Crippen LogP contribution in [0.5, 0.6) is 0 Å². The number of carbonyl (C=O) groups excluding carboxylic acids is 1. The van der Waals surface area contributed by atoms with Gasteiger partial charge in [-0.2, -0.15) is 26.3 Å². The number of benzene rings is 1. The molecule has 0 aliphatic carbocycles. The van der Waals surface area contributed by atoms with E-state index in [0.29, 0.717) is 5.65 Å². The Balaban J connectivity index is 1.77. The maximum atomic E-state index is 13.6. The van der Waals surface area contributed by atoms with E-state index in [1.807, 2.05) is 0 Å². The lowest BCUT2D eigenvalue weighted by Gasteiger charge is -2.23. The van der Waals surface area contributed by atoms with E-state index in [-0.39, 0.29) is 11.1 Å². The summed E-state index contributed by atoms with van der Waals surface area (Å²) in [5.74, 6) is -0.741. The van der Waals surface area contributed by atoms with Gasteiger partial charge in [0.15, 0.2) is 0 Å². The van der Waals surface area contributed by atoms with Gasteiger partial charge < -0.3 is 9.72 Å². The molecule has 0 aliphatic rings. The molecule has 0 radical (unpaired) electrons. The summed E-state index contributed by atoms with van der Waals surface area (Å²) in [5.41, 5.74) is -1.96. The number of nitrogens with one attached hydrogen (secondary N) is 1. The van der Waals surface area contributed by atoms with Crippen LogP contribution in [0.2, 0.25) is 0 Å². The largest absolute Gasteiger partial charge is 0.418 e. The zero-order valence-electron chi connectivity index (χ0n) is 16.5. The number of carbonyl (C=O) groups is 1. The zero-order chi connectivity index (χ0) is 23.8. The van der Waals surface area contributed by atoms with Crippen molar-refractivity contribution in [1.82, 2.24) is 19.7 Å². The summed E-state index contributed by atoms with van der Waals surface area (Å²) < 4.78 is 81.3. The monoisotopic (exact) mass is 464 g/mol. The van der Waals surface area contributed by atoms with Crippen molar-refractivity contribution in [3.8, 4) is 0 Å². The second-order valence-electron chi connectivity index (χ2n) is 7.07. The molecule has 1 N–H and O–H groups in total. The molecule has 0 spiro atoms. The first-order chi connectivity index (χ1) is 15.5. The van der Waals surface area contributed by atoms with Crippen molar-refractivity contribution in [2.75, 3.05) is 0 Å². The zero-order valence-corrected chi connectivity index (χ0v) is 16.5. The molecule has 170 valence electrons. The highest BCUT2D eigenvalue weighted by atomic mass is 19.4. The van der Waals surface area contributed by atoms with Crippen LogP contribution in [-0.2, 0) is 12.4 Å². The average Bonchev–Trinajstić information content (AvgIpc) is 3.24. The lowest BCUT2D eigenvalue weighted by Crippen LogP contribution is -2.32. The van der Waals surface area contributed by atoms with Gasteiger partial charge in [0.2, 0.25) is 0 Å². The second-order valence-corrected chi connectivity index (χ2v) is 7.07. The number of pyridine rings is 2. The van der Waals surface area contributed by atoms with Gasteiger partial charge in [-0.3, -0.25) is 9.78 Å². The summed E-state index contributed by atoms with van der Waals surface area (Å²) in [4.78, 5) is 20.8. The molecule has 1 aromatic carbocycles. The fraction of sp³-hybridized carbons (Fsp3) is 0.136. The van der Waals surface area contributed by atoms with Crippen LogP contribution in [0, 0.1) is 0 Å². The Morgan fingerprint density at radius 2 is 1.61 bits per heavy atom. The van der Waals surface area contributed by atoms with E-state index >= 15 is 0 Å². The molecule has 0 unspecified atom stereocenters. The van der Waals surface area contributed by atoms with Gasteiger partial charge in [0.05, 0.1) is 28.4 Å². The summed E-state index contributed by atoms with van der Waals surface area (Å²) in [5, 5.41) is 2.48. The van der Waals surface area contributed by atoms with Crippen molar-refractivity contribution in [2.45, 2.75) is 18.4 Å². The Bertz CT molecular complexity index is 1290.